The molecule has 1 aliphatic rings. The van der Waals surface area contributed by atoms with Crippen LogP contribution in [0.15, 0.2) is 41.8 Å². The van der Waals surface area contributed by atoms with Gasteiger partial charge in [-0.3, -0.25) is 9.59 Å². The third kappa shape index (κ3) is 4.86. The molecule has 132 valence electrons. The Kier molecular flexibility index (Phi) is 6.15. The van der Waals surface area contributed by atoms with Gasteiger partial charge in [-0.2, -0.15) is 0 Å². The van der Waals surface area contributed by atoms with Gasteiger partial charge in [0.2, 0.25) is 11.8 Å². The number of carbonyl (C=O) groups excluding carboxylic acids is 2. The van der Waals surface area contributed by atoms with E-state index in [0.717, 1.165) is 30.6 Å². The van der Waals surface area contributed by atoms with E-state index in [1.165, 1.54) is 16.6 Å². The lowest BCUT2D eigenvalue weighted by atomic mass is 10.2. The van der Waals surface area contributed by atoms with E-state index in [4.69, 9.17) is 0 Å². The Labute approximate surface area is 156 Å². The lowest BCUT2D eigenvalue weighted by Crippen LogP contribution is -2.32. The van der Waals surface area contributed by atoms with E-state index in [1.54, 1.807) is 11.3 Å². The maximum Gasteiger partial charge on any atom is 0.234 e. The standard InChI is InChI=1S/C19H22N2O2S2/c1-14-5-2-6-15(11-14)20-18(22)12-24-13-19(23)21-9-3-7-16(21)17-8-4-10-25-17/h2,4-6,8,10-11,16H,3,7,9,12-13H2,1H3,(H,20,22)/t16-/m1/s1. The molecule has 0 saturated carbocycles. The zero-order valence-electron chi connectivity index (χ0n) is 14.2. The van der Waals surface area contributed by atoms with Gasteiger partial charge in [-0.25, -0.2) is 0 Å². The quantitative estimate of drug-likeness (QED) is 0.828. The Balaban J connectivity index is 1.45. The highest BCUT2D eigenvalue weighted by atomic mass is 32.2. The third-order valence-corrected chi connectivity index (χ3v) is 6.10. The SMILES string of the molecule is Cc1cccc(NC(=O)CSCC(=O)N2CCC[C@@H]2c2cccs2)c1. The molecule has 2 amide bonds. The Morgan fingerprint density at radius 1 is 1.28 bits per heavy atom. The molecule has 1 saturated heterocycles. The number of nitrogens with one attached hydrogen (secondary N) is 1. The topological polar surface area (TPSA) is 49.4 Å². The Hall–Kier alpha value is -1.79. The molecule has 0 unspecified atom stereocenters. The predicted octanol–water partition coefficient (Wildman–Crippen LogP) is 4.09. The monoisotopic (exact) mass is 374 g/mol. The number of nitrogens with zero attached hydrogens (tertiary/aromatic N) is 1. The molecule has 0 spiro atoms. The summed E-state index contributed by atoms with van der Waals surface area (Å²) in [5, 5.41) is 4.93. The van der Waals surface area contributed by atoms with Crippen LogP contribution in [0.1, 0.15) is 29.3 Å². The van der Waals surface area contributed by atoms with Crippen LogP contribution in [-0.4, -0.2) is 34.8 Å². The first-order valence-electron chi connectivity index (χ1n) is 8.40. The van der Waals surface area contributed by atoms with Gasteiger partial charge in [-0.15, -0.1) is 23.1 Å². The van der Waals surface area contributed by atoms with Crippen LogP contribution in [0.3, 0.4) is 0 Å². The molecular formula is C19H22N2O2S2. The van der Waals surface area contributed by atoms with Gasteiger partial charge in [0.25, 0.3) is 0 Å². The molecule has 1 aliphatic heterocycles. The molecule has 3 rings (SSSR count). The van der Waals surface area contributed by atoms with Crippen LogP contribution >= 0.6 is 23.1 Å². The van der Waals surface area contributed by atoms with E-state index < -0.39 is 0 Å². The van der Waals surface area contributed by atoms with Crippen LogP contribution in [0.4, 0.5) is 5.69 Å². The highest BCUT2D eigenvalue weighted by Gasteiger charge is 2.30. The van der Waals surface area contributed by atoms with Crippen molar-refractivity contribution in [1.29, 1.82) is 0 Å². The number of likely N-dealkylation sites (tertiary alicyclic amines) is 1. The van der Waals surface area contributed by atoms with Crippen molar-refractivity contribution in [2.75, 3.05) is 23.4 Å². The molecule has 6 heteroatoms. The van der Waals surface area contributed by atoms with Crippen LogP contribution in [0, 0.1) is 6.92 Å². The van der Waals surface area contributed by atoms with Gasteiger partial charge < -0.3 is 10.2 Å². The molecule has 0 aliphatic carbocycles. The summed E-state index contributed by atoms with van der Waals surface area (Å²) in [5.74, 6) is 0.698. The molecule has 2 aromatic rings. The number of anilines is 1. The number of carbonyl (C=O) groups is 2. The summed E-state index contributed by atoms with van der Waals surface area (Å²) in [5.41, 5.74) is 1.91. The number of thiophene rings is 1. The van der Waals surface area contributed by atoms with Gasteiger partial charge in [-0.1, -0.05) is 18.2 Å². The van der Waals surface area contributed by atoms with Gasteiger partial charge in [0.05, 0.1) is 17.5 Å². The summed E-state index contributed by atoms with van der Waals surface area (Å²) >= 11 is 3.09. The predicted molar refractivity (Wildman–Crippen MR) is 105 cm³/mol. The number of rotatable bonds is 6. The molecule has 1 aromatic carbocycles. The normalized spacial score (nSPS) is 16.8. The maximum absolute atomic E-state index is 12.5. The van der Waals surface area contributed by atoms with Crippen LogP contribution in [0.5, 0.6) is 0 Å². The summed E-state index contributed by atoms with van der Waals surface area (Å²) in [6, 6.07) is 12.1. The minimum atomic E-state index is -0.0698. The van der Waals surface area contributed by atoms with E-state index in [0.29, 0.717) is 5.75 Å². The van der Waals surface area contributed by atoms with Crippen molar-refractivity contribution in [3.05, 3.63) is 52.2 Å². The van der Waals surface area contributed by atoms with E-state index in [9.17, 15) is 9.59 Å². The van der Waals surface area contributed by atoms with Gasteiger partial charge in [0.15, 0.2) is 0 Å². The van der Waals surface area contributed by atoms with Crippen molar-refractivity contribution in [3.8, 4) is 0 Å². The molecule has 0 radical (unpaired) electrons. The Morgan fingerprint density at radius 3 is 2.92 bits per heavy atom. The van der Waals surface area contributed by atoms with Crippen molar-refractivity contribution in [2.24, 2.45) is 0 Å². The van der Waals surface area contributed by atoms with Gasteiger partial charge in [0, 0.05) is 17.1 Å². The molecule has 1 fully saturated rings. The Morgan fingerprint density at radius 2 is 2.16 bits per heavy atom. The van der Waals surface area contributed by atoms with Crippen molar-refractivity contribution >= 4 is 40.6 Å². The first kappa shape index (κ1) is 18.0. The van der Waals surface area contributed by atoms with E-state index in [-0.39, 0.29) is 23.6 Å². The number of thioether (sulfide) groups is 1. The van der Waals surface area contributed by atoms with Gasteiger partial charge >= 0.3 is 0 Å². The molecule has 0 bridgehead atoms. The summed E-state index contributed by atoms with van der Waals surface area (Å²) in [7, 11) is 0. The Bertz CT molecular complexity index is 731. The number of hydrogen-bond donors (Lipinski definition) is 1. The molecule has 1 aromatic heterocycles. The lowest BCUT2D eigenvalue weighted by Gasteiger charge is -2.23. The van der Waals surface area contributed by atoms with Crippen LogP contribution < -0.4 is 5.32 Å². The summed E-state index contributed by atoms with van der Waals surface area (Å²) in [4.78, 5) is 27.8. The fourth-order valence-electron chi connectivity index (χ4n) is 3.08. The van der Waals surface area contributed by atoms with Crippen molar-refractivity contribution in [1.82, 2.24) is 4.90 Å². The number of aryl methyl sites for hydroxylation is 1. The third-order valence-electron chi connectivity index (χ3n) is 4.21. The molecule has 2 heterocycles. The summed E-state index contributed by atoms with van der Waals surface area (Å²) < 4.78 is 0. The second-order valence-electron chi connectivity index (χ2n) is 6.17. The fraction of sp³-hybridized carbons (Fsp3) is 0.368. The molecule has 1 atom stereocenters. The summed E-state index contributed by atoms with van der Waals surface area (Å²) in [6.07, 6.45) is 2.08. The van der Waals surface area contributed by atoms with Gasteiger partial charge in [-0.05, 0) is 48.9 Å². The zero-order chi connectivity index (χ0) is 17.6. The second-order valence-corrected chi connectivity index (χ2v) is 8.14. The zero-order valence-corrected chi connectivity index (χ0v) is 15.9. The molecule has 4 nitrogen and oxygen atoms in total. The van der Waals surface area contributed by atoms with Crippen LogP contribution in [0.25, 0.3) is 0 Å². The second kappa shape index (κ2) is 8.54. The van der Waals surface area contributed by atoms with Crippen molar-refractivity contribution in [3.63, 3.8) is 0 Å². The first-order chi connectivity index (χ1) is 12.1. The van der Waals surface area contributed by atoms with Crippen molar-refractivity contribution < 1.29 is 9.59 Å². The maximum atomic E-state index is 12.5. The van der Waals surface area contributed by atoms with E-state index in [2.05, 4.69) is 16.8 Å². The first-order valence-corrected chi connectivity index (χ1v) is 10.4. The number of amides is 2. The highest BCUT2D eigenvalue weighted by Crippen LogP contribution is 2.34. The smallest absolute Gasteiger partial charge is 0.234 e. The van der Waals surface area contributed by atoms with Crippen molar-refractivity contribution in [2.45, 2.75) is 25.8 Å². The van der Waals surface area contributed by atoms with E-state index >= 15 is 0 Å². The summed E-state index contributed by atoms with van der Waals surface area (Å²) in [6.45, 7) is 2.81. The average molecular weight is 375 g/mol. The fourth-order valence-corrected chi connectivity index (χ4v) is 4.65. The molecular weight excluding hydrogens is 352 g/mol. The highest BCUT2D eigenvalue weighted by molar-refractivity contribution is 8.00. The van der Waals surface area contributed by atoms with Crippen LogP contribution in [-0.2, 0) is 9.59 Å². The van der Waals surface area contributed by atoms with Gasteiger partial charge in [0.1, 0.15) is 0 Å². The molecule has 25 heavy (non-hydrogen) atoms. The average Bonchev–Trinajstić information content (AvgIpc) is 3.26. The number of benzene rings is 1. The van der Waals surface area contributed by atoms with Crippen LogP contribution in [0.2, 0.25) is 0 Å². The lowest BCUT2D eigenvalue weighted by molar-refractivity contribution is -0.129. The number of hydrogen-bond acceptors (Lipinski definition) is 4. The molecule has 1 N–H and O–H groups in total. The minimum absolute atomic E-state index is 0.0698. The minimum Gasteiger partial charge on any atom is -0.334 e. The van der Waals surface area contributed by atoms with E-state index in [1.807, 2.05) is 42.2 Å². The largest absolute Gasteiger partial charge is 0.334 e.